The second-order valence-electron chi connectivity index (χ2n) is 8.23. The number of thiazole rings is 1. The van der Waals surface area contributed by atoms with Gasteiger partial charge in [0.1, 0.15) is 5.82 Å². The molecule has 0 spiro atoms. The zero-order valence-corrected chi connectivity index (χ0v) is 21.4. The van der Waals surface area contributed by atoms with Gasteiger partial charge in [-0.2, -0.15) is 13.2 Å². The third kappa shape index (κ3) is 5.39. The van der Waals surface area contributed by atoms with Crippen LogP contribution in [0.5, 0.6) is 5.88 Å². The first-order valence-electron chi connectivity index (χ1n) is 11.8. The summed E-state index contributed by atoms with van der Waals surface area (Å²) in [6.07, 6.45) is -2.12. The average molecular weight is 523 g/mol. The molecule has 3 aromatic heterocycles. The van der Waals surface area contributed by atoms with E-state index in [1.807, 2.05) is 26.2 Å². The van der Waals surface area contributed by atoms with E-state index >= 15 is 0 Å². The van der Waals surface area contributed by atoms with E-state index in [1.54, 1.807) is 17.5 Å². The van der Waals surface area contributed by atoms with Gasteiger partial charge < -0.3 is 19.7 Å². The average Bonchev–Trinajstić information content (AvgIpc) is 3.54. The van der Waals surface area contributed by atoms with E-state index < -0.39 is 11.9 Å². The molecule has 2 atom stereocenters. The number of ether oxygens (including phenoxy) is 2. The number of hydrogen-bond acceptors (Lipinski definition) is 9. The maximum Gasteiger partial charge on any atom is 0.434 e. The second-order valence-corrected chi connectivity index (χ2v) is 9.11. The largest absolute Gasteiger partial charge is 0.481 e. The van der Waals surface area contributed by atoms with Gasteiger partial charge in [0.15, 0.2) is 10.8 Å². The van der Waals surface area contributed by atoms with E-state index in [9.17, 15) is 13.2 Å². The first-order valence-corrected chi connectivity index (χ1v) is 12.7. The van der Waals surface area contributed by atoms with Crippen molar-refractivity contribution in [3.63, 3.8) is 0 Å². The SMILES string of the molecule is CCO[C@@H]1CN(c2nccs2)C[C@H]1Nc1nc(CC)c(-c2ccc(OC)nc2C(F)(F)F)nc1CC. The van der Waals surface area contributed by atoms with Crippen LogP contribution in [0, 0.1) is 0 Å². The summed E-state index contributed by atoms with van der Waals surface area (Å²) in [6.45, 7) is 7.59. The van der Waals surface area contributed by atoms with E-state index in [2.05, 4.69) is 25.2 Å². The number of aryl methyl sites for hydroxylation is 2. The van der Waals surface area contributed by atoms with Crippen LogP contribution in [-0.4, -0.2) is 58.9 Å². The van der Waals surface area contributed by atoms with Crippen molar-refractivity contribution in [2.45, 2.75) is 51.9 Å². The van der Waals surface area contributed by atoms with Crippen molar-refractivity contribution in [2.75, 3.05) is 37.0 Å². The van der Waals surface area contributed by atoms with Crippen LogP contribution in [0.3, 0.4) is 0 Å². The summed E-state index contributed by atoms with van der Waals surface area (Å²) in [7, 11) is 1.28. The number of hydrogen-bond donors (Lipinski definition) is 1. The molecule has 1 saturated heterocycles. The monoisotopic (exact) mass is 522 g/mol. The van der Waals surface area contributed by atoms with E-state index in [-0.39, 0.29) is 29.3 Å². The summed E-state index contributed by atoms with van der Waals surface area (Å²) in [5, 5.41) is 6.33. The molecule has 3 aromatic rings. The zero-order chi connectivity index (χ0) is 25.9. The van der Waals surface area contributed by atoms with Crippen molar-refractivity contribution < 1.29 is 22.6 Å². The fourth-order valence-electron chi connectivity index (χ4n) is 4.29. The summed E-state index contributed by atoms with van der Waals surface area (Å²) in [4.78, 5) is 19.7. The van der Waals surface area contributed by atoms with E-state index in [4.69, 9.17) is 14.5 Å². The molecule has 1 aliphatic heterocycles. The number of nitrogens with one attached hydrogen (secondary N) is 1. The topological polar surface area (TPSA) is 85.3 Å². The second kappa shape index (κ2) is 11.0. The maximum absolute atomic E-state index is 13.9. The van der Waals surface area contributed by atoms with Crippen LogP contribution in [0.15, 0.2) is 23.7 Å². The van der Waals surface area contributed by atoms with Crippen molar-refractivity contribution in [3.8, 4) is 17.1 Å². The Morgan fingerprint density at radius 2 is 1.86 bits per heavy atom. The van der Waals surface area contributed by atoms with E-state index in [0.29, 0.717) is 49.7 Å². The predicted molar refractivity (Wildman–Crippen MR) is 133 cm³/mol. The molecule has 1 fully saturated rings. The van der Waals surface area contributed by atoms with E-state index in [1.165, 1.54) is 19.2 Å². The minimum atomic E-state index is -4.67. The quantitative estimate of drug-likeness (QED) is 0.427. The van der Waals surface area contributed by atoms with Gasteiger partial charge in [-0.3, -0.25) is 0 Å². The molecule has 0 radical (unpaired) electrons. The van der Waals surface area contributed by atoms with E-state index in [0.717, 1.165) is 5.13 Å². The summed E-state index contributed by atoms with van der Waals surface area (Å²) < 4.78 is 52.6. The number of alkyl halides is 3. The Hall–Kier alpha value is -2.99. The number of anilines is 2. The Kier molecular flexibility index (Phi) is 7.94. The molecular weight excluding hydrogens is 493 g/mol. The molecule has 194 valence electrons. The Morgan fingerprint density at radius 3 is 2.47 bits per heavy atom. The number of halogens is 3. The van der Waals surface area contributed by atoms with Gasteiger partial charge in [0, 0.05) is 42.9 Å². The Bertz CT molecular complexity index is 1180. The summed E-state index contributed by atoms with van der Waals surface area (Å²) in [5.41, 5.74) is 0.0559. The third-order valence-corrected chi connectivity index (χ3v) is 6.80. The molecule has 1 N–H and O–H groups in total. The van der Waals surface area contributed by atoms with Crippen LogP contribution in [0.25, 0.3) is 11.3 Å². The fourth-order valence-corrected chi connectivity index (χ4v) is 4.95. The Labute approximate surface area is 211 Å². The lowest BCUT2D eigenvalue weighted by atomic mass is 10.0. The van der Waals surface area contributed by atoms with Crippen LogP contribution < -0.4 is 15.0 Å². The van der Waals surface area contributed by atoms with Gasteiger partial charge in [-0.05, 0) is 25.8 Å². The molecule has 4 heterocycles. The van der Waals surface area contributed by atoms with Crippen LogP contribution in [0.1, 0.15) is 37.9 Å². The van der Waals surface area contributed by atoms with Crippen LogP contribution in [0.4, 0.5) is 24.1 Å². The number of aromatic nitrogens is 4. The third-order valence-electron chi connectivity index (χ3n) is 5.97. The maximum atomic E-state index is 13.9. The van der Waals surface area contributed by atoms with Crippen LogP contribution in [-0.2, 0) is 23.8 Å². The van der Waals surface area contributed by atoms with Gasteiger partial charge in [0.05, 0.1) is 36.3 Å². The number of nitrogens with zero attached hydrogens (tertiary/aromatic N) is 5. The molecule has 0 amide bonds. The predicted octanol–water partition coefficient (Wildman–Crippen LogP) is 4.85. The van der Waals surface area contributed by atoms with Crippen LogP contribution >= 0.6 is 11.3 Å². The lowest BCUT2D eigenvalue weighted by molar-refractivity contribution is -0.140. The lowest BCUT2D eigenvalue weighted by Gasteiger charge is -2.22. The Morgan fingerprint density at radius 1 is 1.08 bits per heavy atom. The molecule has 0 aromatic carbocycles. The zero-order valence-electron chi connectivity index (χ0n) is 20.6. The van der Waals surface area contributed by atoms with Gasteiger partial charge in [-0.25, -0.2) is 19.9 Å². The number of pyridine rings is 1. The minimum absolute atomic E-state index is 0.0857. The van der Waals surface area contributed by atoms with Crippen LogP contribution in [0.2, 0.25) is 0 Å². The van der Waals surface area contributed by atoms with Gasteiger partial charge in [-0.15, -0.1) is 11.3 Å². The standard InChI is InChI=1S/C24H29F3N6O2S/c1-5-15-20(14-8-9-19(34-4)32-21(14)24(25,26)27)29-16(6-2)22(30-15)31-17-12-33(13-18(17)35-7-3)23-28-10-11-36-23/h8-11,17-18H,5-7,12-13H2,1-4H3,(H,30,31)/t17-,18-/m1/s1. The Balaban J connectivity index is 1.71. The molecule has 8 nitrogen and oxygen atoms in total. The normalized spacial score (nSPS) is 18.0. The highest BCUT2D eigenvalue weighted by atomic mass is 32.1. The van der Waals surface area contributed by atoms with Gasteiger partial charge >= 0.3 is 6.18 Å². The van der Waals surface area contributed by atoms with Crippen molar-refractivity contribution in [1.29, 1.82) is 0 Å². The highest BCUT2D eigenvalue weighted by Crippen LogP contribution is 2.38. The highest BCUT2D eigenvalue weighted by Gasteiger charge is 2.38. The summed E-state index contributed by atoms with van der Waals surface area (Å²) >= 11 is 1.56. The smallest absolute Gasteiger partial charge is 0.434 e. The molecule has 4 rings (SSSR count). The molecule has 36 heavy (non-hydrogen) atoms. The number of methoxy groups -OCH3 is 1. The molecule has 0 bridgehead atoms. The van der Waals surface area contributed by atoms with Crippen molar-refractivity contribution in [1.82, 2.24) is 19.9 Å². The molecule has 1 aliphatic rings. The van der Waals surface area contributed by atoms with Crippen molar-refractivity contribution in [3.05, 3.63) is 40.8 Å². The molecular formula is C24H29F3N6O2S. The molecule has 0 aliphatic carbocycles. The minimum Gasteiger partial charge on any atom is -0.481 e. The molecule has 0 unspecified atom stereocenters. The van der Waals surface area contributed by atoms with Crippen molar-refractivity contribution in [2.24, 2.45) is 0 Å². The lowest BCUT2D eigenvalue weighted by Crippen LogP contribution is -2.35. The number of rotatable bonds is 9. The summed E-state index contributed by atoms with van der Waals surface area (Å²) in [6, 6.07) is 2.66. The highest BCUT2D eigenvalue weighted by molar-refractivity contribution is 7.13. The van der Waals surface area contributed by atoms with Gasteiger partial charge in [-0.1, -0.05) is 13.8 Å². The molecule has 12 heteroatoms. The summed E-state index contributed by atoms with van der Waals surface area (Å²) in [5.74, 6) is 0.447. The van der Waals surface area contributed by atoms with Gasteiger partial charge in [0.25, 0.3) is 0 Å². The van der Waals surface area contributed by atoms with Crippen molar-refractivity contribution >= 4 is 22.3 Å². The fraction of sp³-hybridized carbons (Fsp3) is 0.500. The van der Waals surface area contributed by atoms with Gasteiger partial charge in [0.2, 0.25) is 5.88 Å². The molecule has 0 saturated carbocycles. The first-order chi connectivity index (χ1) is 17.3. The first kappa shape index (κ1) is 26.1.